The SMILES string of the molecule is CN1C(=O)C(C)(C)COc2ccc(NS(=O)(=O)Cc3ccccc3F)cc21. The van der Waals surface area contributed by atoms with E-state index in [1.807, 2.05) is 0 Å². The number of carbonyl (C=O) groups is 1. The lowest BCUT2D eigenvalue weighted by molar-refractivity contribution is -0.127. The minimum absolute atomic E-state index is 0.0807. The number of sulfonamides is 1. The van der Waals surface area contributed by atoms with E-state index >= 15 is 0 Å². The minimum Gasteiger partial charge on any atom is -0.490 e. The first-order valence-corrected chi connectivity index (χ1v) is 10.0. The van der Waals surface area contributed by atoms with E-state index in [9.17, 15) is 17.6 Å². The molecule has 0 saturated carbocycles. The number of nitrogens with one attached hydrogen (secondary N) is 1. The van der Waals surface area contributed by atoms with E-state index in [-0.39, 0.29) is 23.8 Å². The van der Waals surface area contributed by atoms with Crippen LogP contribution in [-0.4, -0.2) is 28.0 Å². The summed E-state index contributed by atoms with van der Waals surface area (Å²) < 4.78 is 46.7. The molecule has 0 aromatic heterocycles. The van der Waals surface area contributed by atoms with Gasteiger partial charge in [-0.25, -0.2) is 12.8 Å². The van der Waals surface area contributed by atoms with Crippen LogP contribution in [0.15, 0.2) is 42.5 Å². The molecule has 0 aliphatic carbocycles. The highest BCUT2D eigenvalue weighted by Gasteiger charge is 2.36. The maximum Gasteiger partial charge on any atom is 0.237 e. The van der Waals surface area contributed by atoms with Crippen molar-refractivity contribution in [1.29, 1.82) is 0 Å². The Morgan fingerprint density at radius 1 is 1.22 bits per heavy atom. The summed E-state index contributed by atoms with van der Waals surface area (Å²) in [6, 6.07) is 10.4. The van der Waals surface area contributed by atoms with Crippen molar-refractivity contribution in [2.75, 3.05) is 23.3 Å². The van der Waals surface area contributed by atoms with E-state index in [0.29, 0.717) is 11.4 Å². The van der Waals surface area contributed by atoms with Gasteiger partial charge in [-0.3, -0.25) is 9.52 Å². The molecular weight excluding hydrogens is 371 g/mol. The molecule has 1 amide bonds. The summed E-state index contributed by atoms with van der Waals surface area (Å²) in [6.07, 6.45) is 0. The highest BCUT2D eigenvalue weighted by atomic mass is 32.2. The van der Waals surface area contributed by atoms with Crippen LogP contribution in [0.2, 0.25) is 0 Å². The van der Waals surface area contributed by atoms with E-state index < -0.39 is 27.0 Å². The maximum atomic E-state index is 13.7. The second-order valence-electron chi connectivity index (χ2n) is 7.17. The topological polar surface area (TPSA) is 75.7 Å². The Labute approximate surface area is 158 Å². The summed E-state index contributed by atoms with van der Waals surface area (Å²) >= 11 is 0. The van der Waals surface area contributed by atoms with Crippen LogP contribution in [0.25, 0.3) is 0 Å². The van der Waals surface area contributed by atoms with Crippen LogP contribution in [0.4, 0.5) is 15.8 Å². The molecule has 0 radical (unpaired) electrons. The highest BCUT2D eigenvalue weighted by molar-refractivity contribution is 7.91. The van der Waals surface area contributed by atoms with Crippen molar-refractivity contribution in [1.82, 2.24) is 0 Å². The van der Waals surface area contributed by atoms with Gasteiger partial charge in [-0.1, -0.05) is 18.2 Å². The lowest BCUT2D eigenvalue weighted by Crippen LogP contribution is -2.39. The normalized spacial score (nSPS) is 16.3. The Hall–Kier alpha value is -2.61. The minimum atomic E-state index is -3.83. The number of ether oxygens (including phenoxy) is 1. The van der Waals surface area contributed by atoms with E-state index in [0.717, 1.165) is 0 Å². The molecule has 1 heterocycles. The first-order chi connectivity index (χ1) is 12.6. The van der Waals surface area contributed by atoms with Crippen molar-refractivity contribution in [3.8, 4) is 5.75 Å². The highest BCUT2D eigenvalue weighted by Crippen LogP contribution is 2.37. The molecule has 0 bridgehead atoms. The van der Waals surface area contributed by atoms with Crippen LogP contribution in [0.5, 0.6) is 5.75 Å². The fraction of sp³-hybridized carbons (Fsp3) is 0.316. The van der Waals surface area contributed by atoms with Crippen molar-refractivity contribution in [2.45, 2.75) is 19.6 Å². The summed E-state index contributed by atoms with van der Waals surface area (Å²) in [4.78, 5) is 14.0. The summed E-state index contributed by atoms with van der Waals surface area (Å²) in [5.74, 6) is -0.707. The number of anilines is 2. The number of halogens is 1. The third kappa shape index (κ3) is 4.05. The molecule has 1 aliphatic heterocycles. The molecule has 2 aromatic carbocycles. The average molecular weight is 392 g/mol. The zero-order valence-corrected chi connectivity index (χ0v) is 16.1. The molecule has 2 aromatic rings. The fourth-order valence-electron chi connectivity index (χ4n) is 2.88. The van der Waals surface area contributed by atoms with E-state index in [1.165, 1.54) is 29.2 Å². The van der Waals surface area contributed by atoms with Crippen molar-refractivity contribution in [2.24, 2.45) is 5.41 Å². The Morgan fingerprint density at radius 3 is 2.63 bits per heavy atom. The molecular formula is C19H21FN2O4S. The second kappa shape index (κ2) is 6.84. The number of nitrogens with zero attached hydrogens (tertiary/aromatic N) is 1. The predicted octanol–water partition coefficient (Wildman–Crippen LogP) is 3.15. The second-order valence-corrected chi connectivity index (χ2v) is 8.89. The van der Waals surface area contributed by atoms with Gasteiger partial charge in [0, 0.05) is 12.6 Å². The third-order valence-electron chi connectivity index (χ3n) is 4.37. The average Bonchev–Trinajstić information content (AvgIpc) is 2.67. The summed E-state index contributed by atoms with van der Waals surface area (Å²) in [5, 5.41) is 0. The maximum absolute atomic E-state index is 13.7. The number of hydrogen-bond acceptors (Lipinski definition) is 4. The van der Waals surface area contributed by atoms with Gasteiger partial charge in [-0.05, 0) is 38.1 Å². The van der Waals surface area contributed by atoms with Crippen molar-refractivity contribution >= 4 is 27.3 Å². The molecule has 144 valence electrons. The Balaban J connectivity index is 1.86. The van der Waals surface area contributed by atoms with Crippen LogP contribution in [0, 0.1) is 11.2 Å². The smallest absolute Gasteiger partial charge is 0.237 e. The Morgan fingerprint density at radius 2 is 1.93 bits per heavy atom. The number of benzene rings is 2. The van der Waals surface area contributed by atoms with Gasteiger partial charge in [0.2, 0.25) is 15.9 Å². The summed E-state index contributed by atoms with van der Waals surface area (Å²) in [7, 11) is -2.21. The Bertz CT molecular complexity index is 989. The number of hydrogen-bond donors (Lipinski definition) is 1. The van der Waals surface area contributed by atoms with Gasteiger partial charge in [-0.15, -0.1) is 0 Å². The van der Waals surface area contributed by atoms with Crippen LogP contribution < -0.4 is 14.4 Å². The van der Waals surface area contributed by atoms with Crippen LogP contribution in [-0.2, 0) is 20.6 Å². The molecule has 6 nitrogen and oxygen atoms in total. The van der Waals surface area contributed by atoms with Crippen LogP contribution in [0.1, 0.15) is 19.4 Å². The van der Waals surface area contributed by atoms with Gasteiger partial charge in [0.05, 0.1) is 22.5 Å². The van der Waals surface area contributed by atoms with Crippen LogP contribution >= 0.6 is 0 Å². The van der Waals surface area contributed by atoms with Crippen molar-refractivity contribution < 1.29 is 22.3 Å². The van der Waals surface area contributed by atoms with Gasteiger partial charge in [0.1, 0.15) is 18.2 Å². The first kappa shape index (κ1) is 19.2. The first-order valence-electron chi connectivity index (χ1n) is 8.38. The molecule has 0 atom stereocenters. The van der Waals surface area contributed by atoms with Crippen LogP contribution in [0.3, 0.4) is 0 Å². The molecule has 0 saturated heterocycles. The van der Waals surface area contributed by atoms with Gasteiger partial charge >= 0.3 is 0 Å². The summed E-state index contributed by atoms with van der Waals surface area (Å²) in [5.41, 5.74) is 0.125. The van der Waals surface area contributed by atoms with Gasteiger partial charge < -0.3 is 9.64 Å². The Kier molecular flexibility index (Phi) is 4.86. The molecule has 3 rings (SSSR count). The molecule has 1 aliphatic rings. The molecule has 27 heavy (non-hydrogen) atoms. The lowest BCUT2D eigenvalue weighted by atomic mass is 9.93. The monoisotopic (exact) mass is 392 g/mol. The molecule has 8 heteroatoms. The zero-order chi connectivity index (χ0) is 19.8. The third-order valence-corrected chi connectivity index (χ3v) is 5.61. The standard InChI is InChI=1S/C19H21FN2O4S/c1-19(2)12-26-17-9-8-14(10-16(17)22(3)18(19)23)21-27(24,25)11-13-6-4-5-7-15(13)20/h4-10,21H,11-12H2,1-3H3. The fourth-order valence-corrected chi connectivity index (χ4v) is 4.09. The van der Waals surface area contributed by atoms with Gasteiger partial charge in [0.15, 0.2) is 0 Å². The number of amides is 1. The summed E-state index contributed by atoms with van der Waals surface area (Å²) in [6.45, 7) is 3.80. The molecule has 1 N–H and O–H groups in total. The number of fused-ring (bicyclic) bond motifs is 1. The molecule has 0 fully saturated rings. The van der Waals surface area contributed by atoms with Crippen molar-refractivity contribution in [3.05, 3.63) is 53.8 Å². The van der Waals surface area contributed by atoms with Gasteiger partial charge in [-0.2, -0.15) is 0 Å². The lowest BCUT2D eigenvalue weighted by Gasteiger charge is -2.24. The molecule has 0 spiro atoms. The largest absolute Gasteiger partial charge is 0.490 e. The van der Waals surface area contributed by atoms with E-state index in [1.54, 1.807) is 39.1 Å². The van der Waals surface area contributed by atoms with Crippen molar-refractivity contribution in [3.63, 3.8) is 0 Å². The number of carbonyl (C=O) groups excluding carboxylic acids is 1. The molecule has 0 unspecified atom stereocenters. The van der Waals surface area contributed by atoms with Gasteiger partial charge in [0.25, 0.3) is 0 Å². The number of rotatable bonds is 4. The zero-order valence-electron chi connectivity index (χ0n) is 15.3. The quantitative estimate of drug-likeness (QED) is 0.867. The van der Waals surface area contributed by atoms with E-state index in [4.69, 9.17) is 4.74 Å². The van der Waals surface area contributed by atoms with E-state index in [2.05, 4.69) is 4.72 Å². The predicted molar refractivity (Wildman–Crippen MR) is 102 cm³/mol.